The normalized spacial score (nSPS) is 20.0. The van der Waals surface area contributed by atoms with Gasteiger partial charge in [0.2, 0.25) is 15.9 Å². The van der Waals surface area contributed by atoms with Crippen molar-refractivity contribution < 1.29 is 22.7 Å². The molecule has 0 spiro atoms. The smallest absolute Gasteiger partial charge is 0.243 e. The molecule has 2 aromatic rings. The molecule has 0 radical (unpaired) electrons. The number of carbonyl (C=O) groups excluding carboxylic acids is 1. The molecule has 2 fully saturated rings. The second-order valence-corrected chi connectivity index (χ2v) is 9.42. The van der Waals surface area contributed by atoms with Gasteiger partial charge in [-0.1, -0.05) is 0 Å². The van der Waals surface area contributed by atoms with Gasteiger partial charge in [0.1, 0.15) is 11.5 Å². The van der Waals surface area contributed by atoms with Crippen LogP contribution in [0, 0.1) is 0 Å². The summed E-state index contributed by atoms with van der Waals surface area (Å²) in [4.78, 5) is 13.9. The number of methoxy groups -OCH3 is 2. The van der Waals surface area contributed by atoms with E-state index in [2.05, 4.69) is 0 Å². The van der Waals surface area contributed by atoms with E-state index in [1.165, 1.54) is 0 Å². The number of carbonyl (C=O) groups is 1. The van der Waals surface area contributed by atoms with Crippen LogP contribution in [0.25, 0.3) is 0 Å². The number of anilines is 1. The number of benzene rings is 2. The summed E-state index contributed by atoms with van der Waals surface area (Å²) in [5.41, 5.74) is 1.54. The van der Waals surface area contributed by atoms with Crippen LogP contribution >= 0.6 is 0 Å². The van der Waals surface area contributed by atoms with Crippen LogP contribution in [0.15, 0.2) is 47.4 Å². The minimum absolute atomic E-state index is 0.0790. The fourth-order valence-electron chi connectivity index (χ4n) is 4.29. The van der Waals surface area contributed by atoms with Gasteiger partial charge in [-0.2, -0.15) is 4.31 Å². The first-order chi connectivity index (χ1) is 14.5. The molecule has 4 rings (SSSR count). The fourth-order valence-corrected chi connectivity index (χ4v) is 5.97. The lowest BCUT2D eigenvalue weighted by Gasteiger charge is -2.26. The van der Waals surface area contributed by atoms with Gasteiger partial charge in [0, 0.05) is 30.8 Å². The summed E-state index contributed by atoms with van der Waals surface area (Å²) in [6.07, 6.45) is 2.85. The summed E-state index contributed by atoms with van der Waals surface area (Å²) in [6, 6.07) is 11.7. The maximum Gasteiger partial charge on any atom is 0.243 e. The fraction of sp³-hybridized carbons (Fsp3) is 0.409. The van der Waals surface area contributed by atoms with E-state index in [-0.39, 0.29) is 16.8 Å². The van der Waals surface area contributed by atoms with E-state index in [9.17, 15) is 13.2 Å². The Morgan fingerprint density at radius 1 is 0.967 bits per heavy atom. The number of amides is 1. The lowest BCUT2D eigenvalue weighted by atomic mass is 10.0. The maximum absolute atomic E-state index is 13.4. The number of hydrogen-bond acceptors (Lipinski definition) is 5. The second kappa shape index (κ2) is 8.28. The minimum Gasteiger partial charge on any atom is -0.497 e. The van der Waals surface area contributed by atoms with Crippen molar-refractivity contribution in [2.45, 2.75) is 36.6 Å². The molecule has 8 heteroatoms. The highest BCUT2D eigenvalue weighted by atomic mass is 32.2. The Labute approximate surface area is 177 Å². The van der Waals surface area contributed by atoms with E-state index in [1.807, 2.05) is 6.07 Å². The molecule has 2 aliphatic rings. The first-order valence-electron chi connectivity index (χ1n) is 10.1. The van der Waals surface area contributed by atoms with Gasteiger partial charge >= 0.3 is 0 Å². The Morgan fingerprint density at radius 2 is 1.73 bits per heavy atom. The van der Waals surface area contributed by atoms with Crippen molar-refractivity contribution in [1.82, 2.24) is 4.31 Å². The summed E-state index contributed by atoms with van der Waals surface area (Å²) in [7, 11) is -0.535. The third-order valence-corrected chi connectivity index (χ3v) is 7.75. The molecule has 0 saturated carbocycles. The highest BCUT2D eigenvalue weighted by Gasteiger charge is 2.38. The van der Waals surface area contributed by atoms with E-state index in [1.54, 1.807) is 59.8 Å². The molecule has 7 nitrogen and oxygen atoms in total. The first kappa shape index (κ1) is 20.7. The van der Waals surface area contributed by atoms with Crippen molar-refractivity contribution in [2.75, 3.05) is 32.2 Å². The van der Waals surface area contributed by atoms with Crippen molar-refractivity contribution in [2.24, 2.45) is 0 Å². The molecule has 2 heterocycles. The van der Waals surface area contributed by atoms with Crippen LogP contribution in [0.3, 0.4) is 0 Å². The lowest BCUT2D eigenvalue weighted by Crippen LogP contribution is -2.31. The van der Waals surface area contributed by atoms with E-state index in [0.29, 0.717) is 37.4 Å². The molecule has 1 atom stereocenters. The SMILES string of the molecule is COc1ccc(OC)c([C@H]2CCCN2S(=O)(=O)c2ccc(N3CCCC3=O)cc2)c1. The highest BCUT2D eigenvalue weighted by molar-refractivity contribution is 7.89. The predicted octanol–water partition coefficient (Wildman–Crippen LogP) is 3.36. The van der Waals surface area contributed by atoms with Crippen molar-refractivity contribution in [3.63, 3.8) is 0 Å². The van der Waals surface area contributed by atoms with Crippen LogP contribution in [0.5, 0.6) is 11.5 Å². The van der Waals surface area contributed by atoms with Gasteiger partial charge < -0.3 is 14.4 Å². The first-order valence-corrected chi connectivity index (χ1v) is 11.5. The molecule has 2 aromatic carbocycles. The van der Waals surface area contributed by atoms with Gasteiger partial charge in [-0.25, -0.2) is 8.42 Å². The van der Waals surface area contributed by atoms with Gasteiger partial charge in [-0.3, -0.25) is 4.79 Å². The molecule has 0 N–H and O–H groups in total. The Bertz CT molecular complexity index is 1040. The average Bonchev–Trinajstić information content (AvgIpc) is 3.43. The molecule has 2 aliphatic heterocycles. The highest BCUT2D eigenvalue weighted by Crippen LogP contribution is 2.41. The van der Waals surface area contributed by atoms with Gasteiger partial charge in [0.05, 0.1) is 25.2 Å². The quantitative estimate of drug-likeness (QED) is 0.702. The van der Waals surface area contributed by atoms with E-state index < -0.39 is 10.0 Å². The van der Waals surface area contributed by atoms with Crippen molar-refractivity contribution in [1.29, 1.82) is 0 Å². The van der Waals surface area contributed by atoms with Gasteiger partial charge in [-0.05, 0) is 61.7 Å². The standard InChI is InChI=1S/C22H26N2O5S/c1-28-17-9-12-21(29-2)19(15-17)20-5-3-14-24(20)30(26,27)18-10-7-16(8-11-18)23-13-4-6-22(23)25/h7-12,15,20H,3-6,13-14H2,1-2H3/t20-/m1/s1. The maximum atomic E-state index is 13.4. The van der Waals surface area contributed by atoms with E-state index in [4.69, 9.17) is 9.47 Å². The molecule has 0 bridgehead atoms. The molecular formula is C22H26N2O5S. The summed E-state index contributed by atoms with van der Waals surface area (Å²) < 4.78 is 39.3. The van der Waals surface area contributed by atoms with Gasteiger partial charge in [-0.15, -0.1) is 0 Å². The Morgan fingerprint density at radius 3 is 2.37 bits per heavy atom. The summed E-state index contributed by atoms with van der Waals surface area (Å²) in [5.74, 6) is 1.39. The number of nitrogens with zero attached hydrogens (tertiary/aromatic N) is 2. The Kier molecular flexibility index (Phi) is 5.71. The van der Waals surface area contributed by atoms with Crippen LogP contribution < -0.4 is 14.4 Å². The zero-order valence-electron chi connectivity index (χ0n) is 17.2. The summed E-state index contributed by atoms with van der Waals surface area (Å²) >= 11 is 0. The monoisotopic (exact) mass is 430 g/mol. The van der Waals surface area contributed by atoms with Crippen molar-refractivity contribution in [3.05, 3.63) is 48.0 Å². The molecule has 2 saturated heterocycles. The van der Waals surface area contributed by atoms with Crippen LogP contribution in [0.1, 0.15) is 37.3 Å². The largest absolute Gasteiger partial charge is 0.497 e. The Balaban J connectivity index is 1.64. The van der Waals surface area contributed by atoms with Crippen molar-refractivity contribution in [3.8, 4) is 11.5 Å². The van der Waals surface area contributed by atoms with Crippen LogP contribution in [-0.4, -0.2) is 45.9 Å². The summed E-state index contributed by atoms with van der Waals surface area (Å²) in [6.45, 7) is 1.12. The summed E-state index contributed by atoms with van der Waals surface area (Å²) in [5, 5.41) is 0. The molecule has 0 aliphatic carbocycles. The zero-order chi connectivity index (χ0) is 21.3. The van der Waals surface area contributed by atoms with Crippen LogP contribution in [0.4, 0.5) is 5.69 Å². The van der Waals surface area contributed by atoms with Crippen molar-refractivity contribution >= 4 is 21.6 Å². The number of hydrogen-bond donors (Lipinski definition) is 0. The molecular weight excluding hydrogens is 404 g/mol. The molecule has 1 amide bonds. The topological polar surface area (TPSA) is 76.2 Å². The average molecular weight is 431 g/mol. The molecule has 160 valence electrons. The zero-order valence-corrected chi connectivity index (χ0v) is 18.0. The molecule has 0 aromatic heterocycles. The predicted molar refractivity (Wildman–Crippen MR) is 113 cm³/mol. The molecule has 0 unspecified atom stereocenters. The number of sulfonamides is 1. The molecule has 30 heavy (non-hydrogen) atoms. The third-order valence-electron chi connectivity index (χ3n) is 5.83. The third kappa shape index (κ3) is 3.65. The van der Waals surface area contributed by atoms with Gasteiger partial charge in [0.15, 0.2) is 0 Å². The lowest BCUT2D eigenvalue weighted by molar-refractivity contribution is -0.117. The van der Waals surface area contributed by atoms with E-state index >= 15 is 0 Å². The second-order valence-electron chi connectivity index (χ2n) is 7.52. The van der Waals surface area contributed by atoms with Crippen LogP contribution in [0.2, 0.25) is 0 Å². The number of ether oxygens (including phenoxy) is 2. The van der Waals surface area contributed by atoms with E-state index in [0.717, 1.165) is 24.1 Å². The number of rotatable bonds is 6. The Hall–Kier alpha value is -2.58. The van der Waals surface area contributed by atoms with Crippen LogP contribution in [-0.2, 0) is 14.8 Å². The minimum atomic E-state index is -3.70. The van der Waals surface area contributed by atoms with Gasteiger partial charge in [0.25, 0.3) is 0 Å².